The van der Waals surface area contributed by atoms with E-state index in [4.69, 9.17) is 9.47 Å². The lowest BCUT2D eigenvalue weighted by atomic mass is 10.0. The summed E-state index contributed by atoms with van der Waals surface area (Å²) in [6.07, 6.45) is 1.18. The van der Waals surface area contributed by atoms with Gasteiger partial charge in [-0.3, -0.25) is 4.79 Å². The Kier molecular flexibility index (Phi) is 6.67. The summed E-state index contributed by atoms with van der Waals surface area (Å²) in [5.74, 6) is 1.51. The summed E-state index contributed by atoms with van der Waals surface area (Å²) >= 11 is 0. The number of hydrogen-bond acceptors (Lipinski definition) is 3. The van der Waals surface area contributed by atoms with Crippen LogP contribution < -0.4 is 14.8 Å². The molecule has 0 aliphatic carbocycles. The number of hydrogen-bond donors (Lipinski definition) is 1. The van der Waals surface area contributed by atoms with E-state index in [1.165, 1.54) is 5.56 Å². The van der Waals surface area contributed by atoms with Crippen LogP contribution in [0.15, 0.2) is 48.5 Å². The lowest BCUT2D eigenvalue weighted by molar-refractivity contribution is -0.122. The molecular weight excluding hydrogens is 302 g/mol. The first kappa shape index (κ1) is 17.9. The van der Waals surface area contributed by atoms with Crippen molar-refractivity contribution in [1.82, 2.24) is 5.32 Å². The van der Waals surface area contributed by atoms with Crippen LogP contribution in [-0.2, 0) is 4.79 Å². The molecule has 1 N–H and O–H groups in total. The molecule has 0 aliphatic heterocycles. The number of rotatable bonds is 8. The van der Waals surface area contributed by atoms with Crippen molar-refractivity contribution in [3.05, 3.63) is 59.7 Å². The fraction of sp³-hybridized carbons (Fsp3) is 0.350. The first-order valence-electron chi connectivity index (χ1n) is 8.25. The predicted molar refractivity (Wildman–Crippen MR) is 95.5 cm³/mol. The molecule has 1 amide bonds. The van der Waals surface area contributed by atoms with Crippen LogP contribution >= 0.6 is 0 Å². The van der Waals surface area contributed by atoms with E-state index in [0.29, 0.717) is 13.0 Å². The minimum absolute atomic E-state index is 0.00376. The highest BCUT2D eigenvalue weighted by atomic mass is 16.5. The maximum Gasteiger partial charge on any atom is 0.223 e. The van der Waals surface area contributed by atoms with E-state index in [1.807, 2.05) is 24.3 Å². The van der Waals surface area contributed by atoms with Crippen LogP contribution in [0.25, 0.3) is 0 Å². The number of amides is 1. The predicted octanol–water partition coefficient (Wildman–Crippen LogP) is 4.04. The van der Waals surface area contributed by atoms with E-state index in [9.17, 15) is 4.79 Å². The number of carbonyl (C=O) groups excluding carboxylic acids is 1. The largest absolute Gasteiger partial charge is 0.497 e. The quantitative estimate of drug-likeness (QED) is 0.796. The Bertz CT molecular complexity index is 635. The van der Waals surface area contributed by atoms with E-state index in [0.717, 1.165) is 23.5 Å². The van der Waals surface area contributed by atoms with Crippen LogP contribution in [0.4, 0.5) is 0 Å². The summed E-state index contributed by atoms with van der Waals surface area (Å²) in [7, 11) is 1.62. The minimum atomic E-state index is -0.00376. The average molecular weight is 327 g/mol. The van der Waals surface area contributed by atoms with Crippen LogP contribution in [-0.4, -0.2) is 19.6 Å². The molecule has 0 bridgehead atoms. The van der Waals surface area contributed by atoms with E-state index in [1.54, 1.807) is 7.11 Å². The van der Waals surface area contributed by atoms with Crippen molar-refractivity contribution in [2.45, 2.75) is 32.7 Å². The number of aryl methyl sites for hydroxylation is 1. The van der Waals surface area contributed by atoms with Gasteiger partial charge in [-0.1, -0.05) is 36.8 Å². The molecule has 0 aromatic heterocycles. The van der Waals surface area contributed by atoms with Crippen LogP contribution in [0.5, 0.6) is 11.5 Å². The summed E-state index contributed by atoms with van der Waals surface area (Å²) in [6.45, 7) is 4.47. The van der Waals surface area contributed by atoms with Gasteiger partial charge < -0.3 is 14.8 Å². The van der Waals surface area contributed by atoms with Gasteiger partial charge in [0.15, 0.2) is 0 Å². The van der Waals surface area contributed by atoms with Crippen LogP contribution in [0.3, 0.4) is 0 Å². The van der Waals surface area contributed by atoms with Crippen LogP contribution in [0, 0.1) is 6.92 Å². The van der Waals surface area contributed by atoms with Gasteiger partial charge in [-0.2, -0.15) is 0 Å². The summed E-state index contributed by atoms with van der Waals surface area (Å²) in [5.41, 5.74) is 2.35. The smallest absolute Gasteiger partial charge is 0.223 e. The highest BCUT2D eigenvalue weighted by Gasteiger charge is 2.12. The molecule has 128 valence electrons. The Morgan fingerprint density at radius 1 is 1.04 bits per heavy atom. The first-order valence-corrected chi connectivity index (χ1v) is 8.25. The third-order valence-electron chi connectivity index (χ3n) is 3.88. The second kappa shape index (κ2) is 8.96. The molecule has 2 aromatic carbocycles. The Morgan fingerprint density at radius 2 is 1.67 bits per heavy atom. The summed E-state index contributed by atoms with van der Waals surface area (Å²) in [4.78, 5) is 12.1. The molecule has 4 heteroatoms. The summed E-state index contributed by atoms with van der Waals surface area (Å²) in [6, 6.07) is 15.6. The van der Waals surface area contributed by atoms with E-state index < -0.39 is 0 Å². The fourth-order valence-corrected chi connectivity index (χ4v) is 2.42. The van der Waals surface area contributed by atoms with Crippen LogP contribution in [0.2, 0.25) is 0 Å². The zero-order chi connectivity index (χ0) is 17.4. The van der Waals surface area contributed by atoms with E-state index in [2.05, 4.69) is 43.4 Å². The van der Waals surface area contributed by atoms with Crippen molar-refractivity contribution < 1.29 is 14.3 Å². The highest BCUT2D eigenvalue weighted by molar-refractivity contribution is 5.76. The van der Waals surface area contributed by atoms with Gasteiger partial charge in [-0.15, -0.1) is 0 Å². The molecule has 0 fully saturated rings. The molecule has 2 aromatic rings. The number of nitrogens with one attached hydrogen (secondary N) is 1. The Labute approximate surface area is 143 Å². The van der Waals surface area contributed by atoms with Crippen molar-refractivity contribution in [3.8, 4) is 11.5 Å². The maximum absolute atomic E-state index is 12.1. The highest BCUT2D eigenvalue weighted by Crippen LogP contribution is 2.18. The lowest BCUT2D eigenvalue weighted by Crippen LogP contribution is -2.29. The lowest BCUT2D eigenvalue weighted by Gasteiger charge is -2.18. The molecule has 0 aliphatic rings. The van der Waals surface area contributed by atoms with Crippen molar-refractivity contribution in [3.63, 3.8) is 0 Å². The monoisotopic (exact) mass is 327 g/mol. The van der Waals surface area contributed by atoms with Crippen LogP contribution in [0.1, 0.15) is 36.9 Å². The summed E-state index contributed by atoms with van der Waals surface area (Å²) in [5, 5.41) is 3.07. The Balaban J connectivity index is 1.79. The fourth-order valence-electron chi connectivity index (χ4n) is 2.42. The molecule has 4 nitrogen and oxygen atoms in total. The van der Waals surface area contributed by atoms with E-state index >= 15 is 0 Å². The van der Waals surface area contributed by atoms with Gasteiger partial charge in [0.25, 0.3) is 0 Å². The average Bonchev–Trinajstić information content (AvgIpc) is 2.61. The molecule has 0 saturated carbocycles. The minimum Gasteiger partial charge on any atom is -0.497 e. The molecule has 0 unspecified atom stereocenters. The van der Waals surface area contributed by atoms with E-state index in [-0.39, 0.29) is 11.9 Å². The number of carbonyl (C=O) groups is 1. The molecule has 0 spiro atoms. The second-order valence-electron chi connectivity index (χ2n) is 5.71. The number of methoxy groups -OCH3 is 1. The molecule has 0 saturated heterocycles. The van der Waals surface area contributed by atoms with Gasteiger partial charge in [0.1, 0.15) is 11.5 Å². The standard InChI is InChI=1S/C20H25NO3/c1-4-19(16-7-5-15(2)6-8-16)21-20(22)13-14-24-18-11-9-17(23-3)10-12-18/h5-12,19H,4,13-14H2,1-3H3,(H,21,22)/t19-/m1/s1. The van der Waals surface area contributed by atoms with Gasteiger partial charge in [0.05, 0.1) is 26.2 Å². The zero-order valence-electron chi connectivity index (χ0n) is 14.5. The zero-order valence-corrected chi connectivity index (χ0v) is 14.5. The second-order valence-corrected chi connectivity index (χ2v) is 5.71. The molecule has 1 atom stereocenters. The van der Waals surface area contributed by atoms with Gasteiger partial charge in [-0.25, -0.2) is 0 Å². The summed E-state index contributed by atoms with van der Waals surface area (Å²) < 4.78 is 10.7. The molecule has 0 heterocycles. The number of benzene rings is 2. The van der Waals surface area contributed by atoms with Gasteiger partial charge >= 0.3 is 0 Å². The number of ether oxygens (including phenoxy) is 2. The molecule has 2 rings (SSSR count). The maximum atomic E-state index is 12.1. The van der Waals surface area contributed by atoms with Gasteiger partial charge in [0.2, 0.25) is 5.91 Å². The van der Waals surface area contributed by atoms with Gasteiger partial charge in [-0.05, 0) is 43.2 Å². The SMILES string of the molecule is CC[C@@H](NC(=O)CCOc1ccc(OC)cc1)c1ccc(C)cc1. The molecule has 24 heavy (non-hydrogen) atoms. The topological polar surface area (TPSA) is 47.6 Å². The molecular formula is C20H25NO3. The third-order valence-corrected chi connectivity index (χ3v) is 3.88. The first-order chi connectivity index (χ1) is 11.6. The van der Waals surface area contributed by atoms with Gasteiger partial charge in [0, 0.05) is 0 Å². The van der Waals surface area contributed by atoms with Crippen molar-refractivity contribution in [2.24, 2.45) is 0 Å². The van der Waals surface area contributed by atoms with Crippen molar-refractivity contribution in [1.29, 1.82) is 0 Å². The van der Waals surface area contributed by atoms with Crippen molar-refractivity contribution in [2.75, 3.05) is 13.7 Å². The third kappa shape index (κ3) is 5.30. The Morgan fingerprint density at radius 3 is 2.25 bits per heavy atom. The Hall–Kier alpha value is -2.49. The van der Waals surface area contributed by atoms with Crippen molar-refractivity contribution >= 4 is 5.91 Å². The molecule has 0 radical (unpaired) electrons. The normalized spacial score (nSPS) is 11.6.